The third kappa shape index (κ3) is 12.5. The van der Waals surface area contributed by atoms with Crippen LogP contribution in [-0.4, -0.2) is 23.4 Å². The van der Waals surface area contributed by atoms with Crippen LogP contribution in [0, 0.1) is 5.82 Å². The number of para-hydroxylation sites is 1. The van der Waals surface area contributed by atoms with E-state index >= 15 is 0 Å². The lowest BCUT2D eigenvalue weighted by molar-refractivity contribution is 0.261. The lowest BCUT2D eigenvalue weighted by Crippen LogP contribution is -2.21. The number of carbonyl (C=O) groups is 1. The summed E-state index contributed by atoms with van der Waals surface area (Å²) in [6.45, 7) is 5.57. The first-order chi connectivity index (χ1) is 19.1. The van der Waals surface area contributed by atoms with Gasteiger partial charge in [-0.15, -0.1) is 28.7 Å². The van der Waals surface area contributed by atoms with E-state index in [2.05, 4.69) is 34.8 Å². The third-order valence-corrected chi connectivity index (χ3v) is 7.97. The monoisotopic (exact) mass is 635 g/mol. The standard InChI is InChI=1S/C32H46FN3O2S.BrH/c1-3-4-5-6-7-8-9-10-11-12-13-14-21-38-31-29(33)19-16-20-30(31)35-32(37)34-28-18-15-17-27(22-28)23-36-25-39-24-26(36)2;/h15-20,22,24H,3-14,21,23,25H2,1-2H3,(H2,34,35,37);1H. The molecule has 0 saturated heterocycles. The number of ether oxygens (including phenoxy) is 1. The van der Waals surface area contributed by atoms with Gasteiger partial charge in [0.05, 0.1) is 18.2 Å². The van der Waals surface area contributed by atoms with E-state index in [1.807, 2.05) is 24.3 Å². The normalized spacial score (nSPS) is 12.6. The number of rotatable bonds is 18. The molecule has 0 saturated carbocycles. The third-order valence-electron chi connectivity index (χ3n) is 7.00. The van der Waals surface area contributed by atoms with Crippen LogP contribution in [0.4, 0.5) is 20.6 Å². The van der Waals surface area contributed by atoms with E-state index < -0.39 is 11.8 Å². The van der Waals surface area contributed by atoms with E-state index in [0.29, 0.717) is 18.0 Å². The van der Waals surface area contributed by atoms with E-state index in [1.165, 1.54) is 76.0 Å². The minimum Gasteiger partial charge on any atom is -0.488 e. The molecule has 1 aliphatic heterocycles. The number of carbonyl (C=O) groups excluding carboxylic acids is 1. The van der Waals surface area contributed by atoms with Gasteiger partial charge in [0, 0.05) is 17.9 Å². The number of unbranched alkanes of at least 4 members (excludes halogenated alkanes) is 11. The predicted octanol–water partition coefficient (Wildman–Crippen LogP) is 10.5. The Labute approximate surface area is 255 Å². The van der Waals surface area contributed by atoms with Crippen LogP contribution in [0.2, 0.25) is 0 Å². The van der Waals surface area contributed by atoms with Gasteiger partial charge >= 0.3 is 6.03 Å². The summed E-state index contributed by atoms with van der Waals surface area (Å²) >= 11 is 1.78. The first kappa shape index (κ1) is 34.0. The van der Waals surface area contributed by atoms with Gasteiger partial charge in [0.2, 0.25) is 0 Å². The Morgan fingerprint density at radius 1 is 0.925 bits per heavy atom. The highest BCUT2D eigenvalue weighted by molar-refractivity contribution is 8.93. The molecule has 0 aliphatic carbocycles. The van der Waals surface area contributed by atoms with E-state index in [-0.39, 0.29) is 22.7 Å². The number of amides is 2. The number of nitrogens with zero attached hydrogens (tertiary/aromatic N) is 1. The first-order valence-electron chi connectivity index (χ1n) is 14.7. The van der Waals surface area contributed by atoms with Gasteiger partial charge in [0.15, 0.2) is 11.6 Å². The molecule has 2 aromatic rings. The Kier molecular flexibility index (Phi) is 16.8. The Morgan fingerprint density at radius 2 is 1.57 bits per heavy atom. The van der Waals surface area contributed by atoms with E-state index in [4.69, 9.17) is 4.74 Å². The Bertz CT molecular complexity index is 1050. The Balaban J connectivity index is 0.00000560. The van der Waals surface area contributed by atoms with Gasteiger partial charge in [-0.1, -0.05) is 95.8 Å². The van der Waals surface area contributed by atoms with Crippen LogP contribution < -0.4 is 15.4 Å². The Morgan fingerprint density at radius 3 is 2.23 bits per heavy atom. The zero-order valence-electron chi connectivity index (χ0n) is 24.2. The van der Waals surface area contributed by atoms with Gasteiger partial charge in [-0.2, -0.15) is 0 Å². The zero-order valence-corrected chi connectivity index (χ0v) is 26.7. The van der Waals surface area contributed by atoms with E-state index in [0.717, 1.165) is 30.8 Å². The van der Waals surface area contributed by atoms with Crippen molar-refractivity contribution in [3.8, 4) is 5.75 Å². The van der Waals surface area contributed by atoms with Crippen LogP contribution in [0.15, 0.2) is 53.6 Å². The maximum absolute atomic E-state index is 14.5. The number of nitrogens with one attached hydrogen (secondary N) is 2. The molecule has 2 amide bonds. The quantitative estimate of drug-likeness (QED) is 0.160. The summed E-state index contributed by atoms with van der Waals surface area (Å²) in [7, 11) is 0. The molecule has 0 radical (unpaired) electrons. The smallest absolute Gasteiger partial charge is 0.323 e. The van der Waals surface area contributed by atoms with Gasteiger partial charge in [-0.05, 0) is 48.6 Å². The average molecular weight is 637 g/mol. The number of benzene rings is 2. The fourth-order valence-electron chi connectivity index (χ4n) is 4.72. The van der Waals surface area contributed by atoms with Gasteiger partial charge in [0.1, 0.15) is 0 Å². The minimum absolute atomic E-state index is 0. The van der Waals surface area contributed by atoms with Crippen LogP contribution in [-0.2, 0) is 6.54 Å². The second-order valence-electron chi connectivity index (χ2n) is 10.4. The number of halogens is 2. The first-order valence-corrected chi connectivity index (χ1v) is 15.7. The molecule has 8 heteroatoms. The summed E-state index contributed by atoms with van der Waals surface area (Å²) < 4.78 is 20.3. The number of hydrogen-bond donors (Lipinski definition) is 2. The topological polar surface area (TPSA) is 53.6 Å². The summed E-state index contributed by atoms with van der Waals surface area (Å²) in [5.74, 6) is 0.560. The minimum atomic E-state index is -0.472. The molecule has 0 aromatic heterocycles. The van der Waals surface area contributed by atoms with Gasteiger partial charge in [-0.3, -0.25) is 0 Å². The Hall–Kier alpha value is -2.19. The molecular weight excluding hydrogens is 589 g/mol. The van der Waals surface area contributed by atoms with Crippen LogP contribution in [0.25, 0.3) is 0 Å². The van der Waals surface area contributed by atoms with Crippen LogP contribution >= 0.6 is 28.7 Å². The molecule has 0 bridgehead atoms. The van der Waals surface area contributed by atoms with Crippen molar-refractivity contribution in [3.05, 3.63) is 65.0 Å². The zero-order chi connectivity index (χ0) is 27.7. The summed E-state index contributed by atoms with van der Waals surface area (Å²) in [5, 5.41) is 7.78. The molecule has 0 fully saturated rings. The second-order valence-corrected chi connectivity index (χ2v) is 11.2. The van der Waals surface area contributed by atoms with Crippen molar-refractivity contribution in [2.45, 2.75) is 97.4 Å². The van der Waals surface area contributed by atoms with E-state index in [9.17, 15) is 9.18 Å². The number of thioether (sulfide) groups is 1. The lowest BCUT2D eigenvalue weighted by atomic mass is 10.1. The molecule has 40 heavy (non-hydrogen) atoms. The molecule has 3 rings (SSSR count). The van der Waals surface area contributed by atoms with Crippen molar-refractivity contribution in [1.82, 2.24) is 4.90 Å². The van der Waals surface area contributed by atoms with Crippen molar-refractivity contribution in [1.29, 1.82) is 0 Å². The summed E-state index contributed by atoms with van der Waals surface area (Å²) in [6.07, 6.45) is 15.1. The van der Waals surface area contributed by atoms with Gasteiger partial charge < -0.3 is 20.3 Å². The molecule has 5 nitrogen and oxygen atoms in total. The average Bonchev–Trinajstić information content (AvgIpc) is 3.32. The number of anilines is 2. The maximum Gasteiger partial charge on any atom is 0.323 e. The maximum atomic E-state index is 14.5. The van der Waals surface area contributed by atoms with Crippen LogP contribution in [0.3, 0.4) is 0 Å². The molecule has 2 aromatic carbocycles. The summed E-state index contributed by atoms with van der Waals surface area (Å²) in [4.78, 5) is 15.0. The van der Waals surface area contributed by atoms with E-state index in [1.54, 1.807) is 23.9 Å². The van der Waals surface area contributed by atoms with Crippen molar-refractivity contribution < 1.29 is 13.9 Å². The van der Waals surface area contributed by atoms with Gasteiger partial charge in [-0.25, -0.2) is 9.18 Å². The van der Waals surface area contributed by atoms with Crippen LogP contribution in [0.5, 0.6) is 5.75 Å². The molecule has 222 valence electrons. The van der Waals surface area contributed by atoms with Crippen molar-refractivity contribution >= 4 is 46.1 Å². The van der Waals surface area contributed by atoms with Crippen molar-refractivity contribution in [2.75, 3.05) is 23.1 Å². The lowest BCUT2D eigenvalue weighted by Gasteiger charge is -2.19. The van der Waals surface area contributed by atoms with Crippen LogP contribution in [0.1, 0.15) is 96.5 Å². The largest absolute Gasteiger partial charge is 0.488 e. The molecule has 1 aliphatic rings. The molecule has 2 N–H and O–H groups in total. The molecule has 0 spiro atoms. The number of hydrogen-bond acceptors (Lipinski definition) is 4. The number of allylic oxidation sites excluding steroid dienone is 1. The predicted molar refractivity (Wildman–Crippen MR) is 174 cm³/mol. The highest BCUT2D eigenvalue weighted by Crippen LogP contribution is 2.29. The summed E-state index contributed by atoms with van der Waals surface area (Å²) in [5.41, 5.74) is 3.38. The van der Waals surface area contributed by atoms with Crippen molar-refractivity contribution in [2.24, 2.45) is 0 Å². The molecule has 1 heterocycles. The second kappa shape index (κ2) is 19.8. The highest BCUT2D eigenvalue weighted by atomic mass is 79.9. The van der Waals surface area contributed by atoms with Crippen molar-refractivity contribution in [3.63, 3.8) is 0 Å². The molecule has 0 unspecified atom stereocenters. The molecule has 0 atom stereocenters. The highest BCUT2D eigenvalue weighted by Gasteiger charge is 2.14. The fourth-order valence-corrected chi connectivity index (χ4v) is 5.66. The molecular formula is C32H47BrFN3O2S. The summed E-state index contributed by atoms with van der Waals surface area (Å²) in [6, 6.07) is 12.0. The number of urea groups is 1. The fraction of sp³-hybridized carbons (Fsp3) is 0.531. The SMILES string of the molecule is Br.CCCCCCCCCCCCCCOc1c(F)cccc1NC(=O)Nc1cccc(CN2CSC=C2C)c1. The van der Waals surface area contributed by atoms with Gasteiger partial charge in [0.25, 0.3) is 0 Å².